The maximum atomic E-state index is 13.8. The van der Waals surface area contributed by atoms with E-state index in [1.165, 1.54) is 43.4 Å². The van der Waals surface area contributed by atoms with Crippen LogP contribution < -0.4 is 4.90 Å². The van der Waals surface area contributed by atoms with E-state index in [2.05, 4.69) is 24.8 Å². The monoisotopic (exact) mass is 395 g/mol. The first-order chi connectivity index (χ1) is 14.0. The van der Waals surface area contributed by atoms with Crippen LogP contribution in [0.25, 0.3) is 0 Å². The summed E-state index contributed by atoms with van der Waals surface area (Å²) in [6.45, 7) is 6.44. The quantitative estimate of drug-likeness (QED) is 0.683. The van der Waals surface area contributed by atoms with Crippen LogP contribution >= 0.6 is 0 Å². The summed E-state index contributed by atoms with van der Waals surface area (Å²) in [5.41, 5.74) is 4.60. The number of nitrogens with zero attached hydrogens (tertiary/aromatic N) is 3. The number of halogens is 1. The number of nitriles is 1. The van der Waals surface area contributed by atoms with Gasteiger partial charge in [-0.2, -0.15) is 5.26 Å². The molecule has 154 valence electrons. The number of carbonyl (C=O) groups is 1. The summed E-state index contributed by atoms with van der Waals surface area (Å²) < 4.78 is 13.8. The van der Waals surface area contributed by atoms with Crippen LogP contribution in [-0.4, -0.2) is 36.0 Å². The molecule has 0 aromatic heterocycles. The van der Waals surface area contributed by atoms with Crippen LogP contribution in [0.4, 0.5) is 10.1 Å². The second kappa shape index (κ2) is 8.28. The van der Waals surface area contributed by atoms with E-state index in [0.717, 1.165) is 31.6 Å². The third-order valence-corrected chi connectivity index (χ3v) is 7.10. The van der Waals surface area contributed by atoms with Gasteiger partial charge in [-0.3, -0.25) is 4.79 Å². The minimum atomic E-state index is -0.524. The molecule has 1 aromatic carbocycles. The molecule has 2 aliphatic heterocycles. The Morgan fingerprint density at radius 1 is 1.14 bits per heavy atom. The van der Waals surface area contributed by atoms with Crippen LogP contribution in [0, 0.1) is 17.1 Å². The number of hydrogen-bond acceptors (Lipinski definition) is 3. The summed E-state index contributed by atoms with van der Waals surface area (Å²) in [4.78, 5) is 17.6. The second-order valence-electron chi connectivity index (χ2n) is 8.93. The van der Waals surface area contributed by atoms with Crippen LogP contribution in [0.1, 0.15) is 70.3 Å². The number of piperidine rings is 1. The van der Waals surface area contributed by atoms with E-state index in [1.54, 1.807) is 11.6 Å². The molecule has 4 nitrogen and oxygen atoms in total. The van der Waals surface area contributed by atoms with Gasteiger partial charge in [-0.05, 0) is 76.1 Å². The summed E-state index contributed by atoms with van der Waals surface area (Å²) in [5.74, 6) is -0.898. The van der Waals surface area contributed by atoms with Crippen molar-refractivity contribution in [1.82, 2.24) is 4.90 Å². The molecular formula is C24H30FN3O. The molecule has 0 N–H and O–H groups in total. The molecule has 1 aliphatic carbocycles. The summed E-state index contributed by atoms with van der Waals surface area (Å²) in [6, 6.07) is 7.48. The molecule has 1 atom stereocenters. The largest absolute Gasteiger partial charge is 0.308 e. The van der Waals surface area contributed by atoms with Gasteiger partial charge in [-0.1, -0.05) is 11.1 Å². The maximum absolute atomic E-state index is 13.8. The number of likely N-dealkylation sites (tertiary alicyclic amines) is 1. The SMILES string of the molecule is CC(C)=C1CCC(N2CCC(N3C(=O)C(CC#N)c4cc(F)ccc43)CC2)CC1. The molecular weight excluding hydrogens is 365 g/mol. The highest BCUT2D eigenvalue weighted by Crippen LogP contribution is 2.42. The van der Waals surface area contributed by atoms with Crippen molar-refractivity contribution in [2.45, 2.75) is 76.8 Å². The van der Waals surface area contributed by atoms with E-state index in [-0.39, 0.29) is 24.2 Å². The van der Waals surface area contributed by atoms with Gasteiger partial charge >= 0.3 is 0 Å². The minimum absolute atomic E-state index is 0.0310. The Bertz CT molecular complexity index is 849. The Labute approximate surface area is 173 Å². The third kappa shape index (κ3) is 3.83. The smallest absolute Gasteiger partial charge is 0.235 e. The van der Waals surface area contributed by atoms with Gasteiger partial charge in [0.25, 0.3) is 0 Å². The van der Waals surface area contributed by atoms with Crippen molar-refractivity contribution in [3.63, 3.8) is 0 Å². The molecule has 1 saturated heterocycles. The standard InChI is InChI=1S/C24H30FN3O/c1-16(2)17-3-6-19(7-4-17)27-13-10-20(11-14-27)28-23-8-5-18(25)15-22(23)21(9-12-26)24(28)29/h5,8,15,19-21H,3-4,6-7,9-11,13-14H2,1-2H3. The zero-order valence-electron chi connectivity index (χ0n) is 17.5. The summed E-state index contributed by atoms with van der Waals surface area (Å²) in [5, 5.41) is 9.14. The summed E-state index contributed by atoms with van der Waals surface area (Å²) in [6.07, 6.45) is 6.89. The average Bonchev–Trinajstić information content (AvgIpc) is 2.99. The normalized spacial score (nSPS) is 25.8. The number of fused-ring (bicyclic) bond motifs is 1. The van der Waals surface area contributed by atoms with Crippen molar-refractivity contribution in [1.29, 1.82) is 5.26 Å². The highest BCUT2D eigenvalue weighted by molar-refractivity contribution is 6.05. The molecule has 1 saturated carbocycles. The number of amides is 1. The van der Waals surface area contributed by atoms with Gasteiger partial charge in [0.15, 0.2) is 0 Å². The Morgan fingerprint density at radius 3 is 2.45 bits per heavy atom. The second-order valence-corrected chi connectivity index (χ2v) is 8.93. The zero-order valence-corrected chi connectivity index (χ0v) is 17.5. The van der Waals surface area contributed by atoms with Gasteiger partial charge < -0.3 is 9.80 Å². The fraction of sp³-hybridized carbons (Fsp3) is 0.583. The lowest BCUT2D eigenvalue weighted by molar-refractivity contribution is -0.119. The lowest BCUT2D eigenvalue weighted by Crippen LogP contribution is -2.49. The number of carbonyl (C=O) groups excluding carboxylic acids is 1. The van der Waals surface area contributed by atoms with Gasteiger partial charge in [0.1, 0.15) is 5.82 Å². The molecule has 0 radical (unpaired) electrons. The van der Waals surface area contributed by atoms with Crippen LogP contribution in [0.5, 0.6) is 0 Å². The van der Waals surface area contributed by atoms with Gasteiger partial charge in [-0.25, -0.2) is 4.39 Å². The van der Waals surface area contributed by atoms with Crippen molar-refractivity contribution in [2.24, 2.45) is 0 Å². The fourth-order valence-electron chi connectivity index (χ4n) is 5.43. The topological polar surface area (TPSA) is 47.3 Å². The van der Waals surface area contributed by atoms with Gasteiger partial charge in [-0.15, -0.1) is 0 Å². The Balaban J connectivity index is 1.43. The predicted molar refractivity (Wildman–Crippen MR) is 112 cm³/mol. The van der Waals surface area contributed by atoms with E-state index in [9.17, 15) is 9.18 Å². The van der Waals surface area contributed by atoms with E-state index in [4.69, 9.17) is 5.26 Å². The molecule has 1 unspecified atom stereocenters. The highest BCUT2D eigenvalue weighted by Gasteiger charge is 2.42. The lowest BCUT2D eigenvalue weighted by Gasteiger charge is -2.42. The summed E-state index contributed by atoms with van der Waals surface area (Å²) >= 11 is 0. The number of allylic oxidation sites excluding steroid dienone is 2. The number of hydrogen-bond donors (Lipinski definition) is 0. The minimum Gasteiger partial charge on any atom is -0.308 e. The molecule has 0 bridgehead atoms. The van der Waals surface area contributed by atoms with Crippen molar-refractivity contribution in [3.8, 4) is 6.07 Å². The first-order valence-electron chi connectivity index (χ1n) is 10.9. The zero-order chi connectivity index (χ0) is 20.5. The van der Waals surface area contributed by atoms with E-state index in [1.807, 2.05) is 4.90 Å². The Kier molecular flexibility index (Phi) is 5.74. The molecule has 1 aromatic rings. The van der Waals surface area contributed by atoms with Crippen molar-refractivity contribution in [2.75, 3.05) is 18.0 Å². The number of rotatable bonds is 3. The molecule has 29 heavy (non-hydrogen) atoms. The third-order valence-electron chi connectivity index (χ3n) is 7.10. The molecule has 5 heteroatoms. The van der Waals surface area contributed by atoms with Crippen LogP contribution in [0.15, 0.2) is 29.3 Å². The molecule has 4 rings (SSSR count). The fourth-order valence-corrected chi connectivity index (χ4v) is 5.43. The molecule has 3 aliphatic rings. The van der Waals surface area contributed by atoms with E-state index in [0.29, 0.717) is 11.6 Å². The van der Waals surface area contributed by atoms with Gasteiger partial charge in [0, 0.05) is 30.9 Å². The van der Waals surface area contributed by atoms with E-state index < -0.39 is 5.92 Å². The Hall–Kier alpha value is -2.19. The van der Waals surface area contributed by atoms with Crippen molar-refractivity contribution >= 4 is 11.6 Å². The molecule has 2 fully saturated rings. The van der Waals surface area contributed by atoms with E-state index >= 15 is 0 Å². The predicted octanol–water partition coefficient (Wildman–Crippen LogP) is 4.91. The highest BCUT2D eigenvalue weighted by atomic mass is 19.1. The number of anilines is 1. The number of benzene rings is 1. The van der Waals surface area contributed by atoms with Crippen LogP contribution in [0.2, 0.25) is 0 Å². The molecule has 0 spiro atoms. The van der Waals surface area contributed by atoms with Crippen molar-refractivity contribution in [3.05, 3.63) is 40.7 Å². The van der Waals surface area contributed by atoms with Gasteiger partial charge in [0.05, 0.1) is 18.4 Å². The average molecular weight is 396 g/mol. The van der Waals surface area contributed by atoms with Crippen molar-refractivity contribution < 1.29 is 9.18 Å². The van der Waals surface area contributed by atoms with Crippen LogP contribution in [-0.2, 0) is 4.79 Å². The summed E-state index contributed by atoms with van der Waals surface area (Å²) in [7, 11) is 0. The maximum Gasteiger partial charge on any atom is 0.235 e. The van der Waals surface area contributed by atoms with Gasteiger partial charge in [0.2, 0.25) is 5.91 Å². The molecule has 1 amide bonds. The Morgan fingerprint density at radius 2 is 1.83 bits per heavy atom. The van der Waals surface area contributed by atoms with Crippen LogP contribution in [0.3, 0.4) is 0 Å². The molecule has 2 heterocycles. The lowest BCUT2D eigenvalue weighted by atomic mass is 9.86. The first-order valence-corrected chi connectivity index (χ1v) is 10.9. The first kappa shape index (κ1) is 20.1.